The summed E-state index contributed by atoms with van der Waals surface area (Å²) >= 11 is 0. The van der Waals surface area contributed by atoms with Crippen molar-refractivity contribution >= 4 is 23.5 Å². The predicted molar refractivity (Wildman–Crippen MR) is 55.1 cm³/mol. The molecular formula is C9H7F3N4O. The summed E-state index contributed by atoms with van der Waals surface area (Å²) in [6, 6.07) is 0. The van der Waals surface area contributed by atoms with Gasteiger partial charge < -0.3 is 5.32 Å². The van der Waals surface area contributed by atoms with E-state index >= 15 is 0 Å². The fourth-order valence-electron chi connectivity index (χ4n) is 1.31. The number of nitrogens with zero attached hydrogens (tertiary/aromatic N) is 3. The zero-order chi connectivity index (χ0) is 12.5. The smallest absolute Gasteiger partial charge is 0.342 e. The molecule has 0 unspecified atom stereocenters. The minimum Gasteiger partial charge on any atom is -0.342 e. The summed E-state index contributed by atoms with van der Waals surface area (Å²) in [5, 5.41) is 9.10. The summed E-state index contributed by atoms with van der Waals surface area (Å²) in [4.78, 5) is 15.1. The molecule has 0 fully saturated rings. The summed E-state index contributed by atoms with van der Waals surface area (Å²) in [5.74, 6) is -0.841. The van der Waals surface area contributed by atoms with Gasteiger partial charge in [-0.25, -0.2) is 0 Å². The van der Waals surface area contributed by atoms with Gasteiger partial charge in [0.05, 0.1) is 11.9 Å². The van der Waals surface area contributed by atoms with E-state index in [9.17, 15) is 18.0 Å². The van der Waals surface area contributed by atoms with Gasteiger partial charge in [-0.3, -0.25) is 9.79 Å². The van der Waals surface area contributed by atoms with E-state index in [0.717, 1.165) is 0 Å². The molecule has 0 radical (unpaired) electrons. The highest BCUT2D eigenvalue weighted by atomic mass is 19.4. The standard InChI is InChI=1S/C9H7F3N4O/c10-9(11,12)4-14-8(17)7-1-6-5(2-13-7)3-15-16-6/h2-3H,1,4H2,(H,14,17). The largest absolute Gasteiger partial charge is 0.405 e. The van der Waals surface area contributed by atoms with Crippen molar-refractivity contribution < 1.29 is 18.0 Å². The second-order valence-electron chi connectivity index (χ2n) is 3.43. The molecule has 2 aliphatic heterocycles. The zero-order valence-electron chi connectivity index (χ0n) is 8.45. The fraction of sp³-hybridized carbons (Fsp3) is 0.333. The first-order valence-electron chi connectivity index (χ1n) is 4.68. The monoisotopic (exact) mass is 244 g/mol. The molecule has 0 aromatic carbocycles. The second kappa shape index (κ2) is 4.11. The van der Waals surface area contributed by atoms with Crippen molar-refractivity contribution in [2.45, 2.75) is 12.6 Å². The van der Waals surface area contributed by atoms with Crippen LogP contribution in [0, 0.1) is 0 Å². The molecule has 2 aliphatic rings. The quantitative estimate of drug-likeness (QED) is 0.768. The molecule has 0 bridgehead atoms. The zero-order valence-corrected chi connectivity index (χ0v) is 8.45. The summed E-state index contributed by atoms with van der Waals surface area (Å²) in [6.07, 6.45) is -1.50. The number of allylic oxidation sites excluding steroid dienone is 1. The number of hydrogen-bond acceptors (Lipinski definition) is 4. The van der Waals surface area contributed by atoms with E-state index in [0.29, 0.717) is 11.3 Å². The van der Waals surface area contributed by atoms with Crippen LogP contribution in [0.15, 0.2) is 27.0 Å². The number of carbonyl (C=O) groups excluding carboxylic acids is 1. The van der Waals surface area contributed by atoms with Gasteiger partial charge in [0.25, 0.3) is 5.91 Å². The molecule has 1 amide bonds. The molecule has 5 nitrogen and oxygen atoms in total. The van der Waals surface area contributed by atoms with Crippen molar-refractivity contribution in [3.63, 3.8) is 0 Å². The van der Waals surface area contributed by atoms with Crippen LogP contribution in [0.1, 0.15) is 6.42 Å². The van der Waals surface area contributed by atoms with Crippen LogP contribution < -0.4 is 5.32 Å². The number of hydrogen-bond donors (Lipinski definition) is 1. The number of carbonyl (C=O) groups is 1. The van der Waals surface area contributed by atoms with Crippen LogP contribution in [0.25, 0.3) is 0 Å². The lowest BCUT2D eigenvalue weighted by atomic mass is 10.0. The topological polar surface area (TPSA) is 66.2 Å². The summed E-state index contributed by atoms with van der Waals surface area (Å²) in [7, 11) is 0. The molecule has 90 valence electrons. The minimum atomic E-state index is -4.43. The van der Waals surface area contributed by atoms with E-state index in [1.165, 1.54) is 12.4 Å². The first kappa shape index (κ1) is 11.5. The maximum Gasteiger partial charge on any atom is 0.405 e. The summed E-state index contributed by atoms with van der Waals surface area (Å²) in [6.45, 7) is -1.37. The van der Waals surface area contributed by atoms with E-state index in [-0.39, 0.29) is 12.1 Å². The molecule has 0 saturated heterocycles. The van der Waals surface area contributed by atoms with E-state index in [4.69, 9.17) is 0 Å². The summed E-state index contributed by atoms with van der Waals surface area (Å²) in [5.41, 5.74) is 1.22. The van der Waals surface area contributed by atoms with Gasteiger partial charge in [0.1, 0.15) is 12.3 Å². The molecule has 17 heavy (non-hydrogen) atoms. The van der Waals surface area contributed by atoms with Gasteiger partial charge in [0.2, 0.25) is 0 Å². The van der Waals surface area contributed by atoms with Crippen LogP contribution in [0.2, 0.25) is 0 Å². The molecule has 0 aliphatic carbocycles. The second-order valence-corrected chi connectivity index (χ2v) is 3.43. The van der Waals surface area contributed by atoms with E-state index in [1.54, 1.807) is 5.32 Å². The number of fused-ring (bicyclic) bond motifs is 1. The maximum atomic E-state index is 11.9. The lowest BCUT2D eigenvalue weighted by Crippen LogP contribution is -2.39. The Labute approximate surface area is 93.8 Å². The average molecular weight is 244 g/mol. The molecule has 2 rings (SSSR count). The normalized spacial score (nSPS) is 18.2. The van der Waals surface area contributed by atoms with E-state index in [1.807, 2.05) is 0 Å². The number of rotatable bonds is 2. The van der Waals surface area contributed by atoms with Crippen LogP contribution in [0.5, 0.6) is 0 Å². The molecule has 0 aromatic heterocycles. The lowest BCUT2D eigenvalue weighted by Gasteiger charge is -2.12. The van der Waals surface area contributed by atoms with Gasteiger partial charge in [0.15, 0.2) is 0 Å². The van der Waals surface area contributed by atoms with Crippen LogP contribution >= 0.6 is 0 Å². The Hall–Kier alpha value is -1.99. The first-order valence-corrected chi connectivity index (χ1v) is 4.68. The lowest BCUT2D eigenvalue weighted by molar-refractivity contribution is -0.134. The Balaban J connectivity index is 1.98. The number of alkyl halides is 3. The van der Waals surface area contributed by atoms with Crippen molar-refractivity contribution in [1.29, 1.82) is 0 Å². The Morgan fingerprint density at radius 1 is 1.47 bits per heavy atom. The third-order valence-corrected chi connectivity index (χ3v) is 2.11. The highest BCUT2D eigenvalue weighted by molar-refractivity contribution is 6.45. The third kappa shape index (κ3) is 2.77. The van der Waals surface area contributed by atoms with Gasteiger partial charge in [-0.1, -0.05) is 0 Å². The minimum absolute atomic E-state index is 0.00208. The highest BCUT2D eigenvalue weighted by Gasteiger charge is 2.29. The first-order chi connectivity index (χ1) is 7.96. The van der Waals surface area contributed by atoms with Crippen LogP contribution in [0.3, 0.4) is 0 Å². The van der Waals surface area contributed by atoms with Gasteiger partial charge in [-0.15, -0.1) is 0 Å². The molecule has 0 aromatic rings. The van der Waals surface area contributed by atoms with Crippen molar-refractivity contribution in [2.24, 2.45) is 15.2 Å². The van der Waals surface area contributed by atoms with Crippen molar-refractivity contribution in [1.82, 2.24) is 5.32 Å². The molecule has 2 heterocycles. The van der Waals surface area contributed by atoms with E-state index in [2.05, 4.69) is 15.2 Å². The van der Waals surface area contributed by atoms with Crippen molar-refractivity contribution in [2.75, 3.05) is 6.54 Å². The van der Waals surface area contributed by atoms with Crippen molar-refractivity contribution in [3.05, 3.63) is 11.8 Å². The summed E-state index contributed by atoms with van der Waals surface area (Å²) < 4.78 is 35.7. The van der Waals surface area contributed by atoms with Crippen LogP contribution in [0.4, 0.5) is 13.2 Å². The van der Waals surface area contributed by atoms with Crippen LogP contribution in [-0.4, -0.2) is 36.3 Å². The molecule has 1 N–H and O–H groups in total. The number of halogens is 3. The number of amides is 1. The molecule has 8 heteroatoms. The van der Waals surface area contributed by atoms with Gasteiger partial charge in [0, 0.05) is 18.2 Å². The Bertz CT molecular complexity index is 473. The third-order valence-electron chi connectivity index (χ3n) is 2.11. The number of aliphatic imine (C=N–C) groups is 1. The molecule has 0 spiro atoms. The van der Waals surface area contributed by atoms with Crippen molar-refractivity contribution in [3.8, 4) is 0 Å². The van der Waals surface area contributed by atoms with Gasteiger partial charge >= 0.3 is 6.18 Å². The van der Waals surface area contributed by atoms with Gasteiger partial charge in [-0.2, -0.15) is 23.4 Å². The fourth-order valence-corrected chi connectivity index (χ4v) is 1.31. The average Bonchev–Trinajstić information content (AvgIpc) is 2.71. The highest BCUT2D eigenvalue weighted by Crippen LogP contribution is 2.15. The van der Waals surface area contributed by atoms with Gasteiger partial charge in [-0.05, 0) is 0 Å². The Morgan fingerprint density at radius 2 is 2.24 bits per heavy atom. The van der Waals surface area contributed by atoms with E-state index < -0.39 is 18.6 Å². The maximum absolute atomic E-state index is 11.9. The SMILES string of the molecule is O=C(NCC(F)(F)F)C1=NC=C2C=NN=C2C1. The predicted octanol–water partition coefficient (Wildman–Crippen LogP) is 0.834. The molecule has 0 atom stereocenters. The molecule has 0 saturated carbocycles. The Morgan fingerprint density at radius 3 is 2.94 bits per heavy atom. The molecular weight excluding hydrogens is 237 g/mol. The van der Waals surface area contributed by atoms with Crippen LogP contribution in [-0.2, 0) is 4.79 Å². The number of nitrogens with one attached hydrogen (secondary N) is 1. The Kier molecular flexibility index (Phi) is 2.78.